The maximum Gasteiger partial charge on any atom is 0.409 e. The lowest BCUT2D eigenvalue weighted by Crippen LogP contribution is -2.42. The summed E-state index contributed by atoms with van der Waals surface area (Å²) in [6, 6.07) is 5.48. The van der Waals surface area contributed by atoms with Crippen molar-refractivity contribution in [1.29, 1.82) is 0 Å². The molecule has 0 spiro atoms. The van der Waals surface area contributed by atoms with Crippen LogP contribution in [0.2, 0.25) is 0 Å². The van der Waals surface area contributed by atoms with Crippen LogP contribution in [-0.2, 0) is 16.4 Å². The molecular formula is C23H26F4N2O2S2. The van der Waals surface area contributed by atoms with E-state index in [2.05, 4.69) is 11.9 Å². The van der Waals surface area contributed by atoms with Gasteiger partial charge in [0.25, 0.3) is 0 Å². The average molecular weight is 503 g/mol. The minimum atomic E-state index is -4.89. The topological polar surface area (TPSA) is 50.3 Å². The molecule has 1 atom stereocenters. The third-order valence-corrected chi connectivity index (χ3v) is 8.36. The largest absolute Gasteiger partial charge is 0.409 e. The maximum absolute atomic E-state index is 14.0. The Labute approximate surface area is 195 Å². The van der Waals surface area contributed by atoms with Gasteiger partial charge in [0.15, 0.2) is 0 Å². The molecule has 0 radical (unpaired) electrons. The number of aromatic nitrogens is 1. The van der Waals surface area contributed by atoms with E-state index < -0.39 is 34.6 Å². The van der Waals surface area contributed by atoms with Crippen LogP contribution in [0.25, 0.3) is 10.2 Å². The van der Waals surface area contributed by atoms with Gasteiger partial charge in [0.05, 0.1) is 20.1 Å². The van der Waals surface area contributed by atoms with Crippen LogP contribution in [0.4, 0.5) is 17.6 Å². The van der Waals surface area contributed by atoms with Crippen LogP contribution in [0.3, 0.4) is 0 Å². The van der Waals surface area contributed by atoms with E-state index in [-0.39, 0.29) is 10.5 Å². The third-order valence-electron chi connectivity index (χ3n) is 5.35. The molecule has 0 aliphatic heterocycles. The van der Waals surface area contributed by atoms with Crippen LogP contribution in [0.5, 0.6) is 0 Å². The van der Waals surface area contributed by atoms with Crippen LogP contribution in [0, 0.1) is 5.82 Å². The fourth-order valence-electron chi connectivity index (χ4n) is 3.71. The van der Waals surface area contributed by atoms with E-state index in [4.69, 9.17) is 0 Å². The highest BCUT2D eigenvalue weighted by atomic mass is 32.2. The second-order valence-corrected chi connectivity index (χ2v) is 10.8. The summed E-state index contributed by atoms with van der Waals surface area (Å²) in [5, 5.41) is 0.877. The molecule has 0 N–H and O–H groups in total. The van der Waals surface area contributed by atoms with Gasteiger partial charge in [-0.3, -0.25) is 0 Å². The number of rotatable bonds is 10. The van der Waals surface area contributed by atoms with Crippen LogP contribution in [0.1, 0.15) is 56.1 Å². The van der Waals surface area contributed by atoms with Crippen molar-refractivity contribution in [3.8, 4) is 0 Å². The van der Waals surface area contributed by atoms with Crippen LogP contribution in [-0.4, -0.2) is 30.4 Å². The van der Waals surface area contributed by atoms with Gasteiger partial charge in [-0.1, -0.05) is 45.2 Å². The average Bonchev–Trinajstić information content (AvgIpc) is 3.17. The van der Waals surface area contributed by atoms with Gasteiger partial charge in [-0.25, -0.2) is 17.8 Å². The smallest absolute Gasteiger partial charge is 0.241 e. The molecule has 0 unspecified atom stereocenters. The standard InChI is InChI=1S/C23H26F4N2O2S2/c1-3-5-6-7-8-21-28-19-14-13-18(15-20(19)32-21)33(30,31)29(4-2)22(23(25,26)27)16-9-11-17(24)12-10-16/h9-15,22H,3-8H2,1-2H3/t22-/m1/s1. The summed E-state index contributed by atoms with van der Waals surface area (Å²) >= 11 is 1.36. The lowest BCUT2D eigenvalue weighted by Gasteiger charge is -2.31. The molecule has 0 saturated carbocycles. The van der Waals surface area contributed by atoms with Crippen molar-refractivity contribution < 1.29 is 26.0 Å². The molecule has 2 aromatic carbocycles. The molecular weight excluding hydrogens is 476 g/mol. The predicted molar refractivity (Wildman–Crippen MR) is 122 cm³/mol. The van der Waals surface area contributed by atoms with Gasteiger partial charge in [-0.15, -0.1) is 11.3 Å². The molecule has 0 aliphatic rings. The molecule has 3 aromatic rings. The van der Waals surface area contributed by atoms with Gasteiger partial charge >= 0.3 is 6.18 Å². The van der Waals surface area contributed by atoms with E-state index in [1.54, 1.807) is 0 Å². The number of halogens is 4. The van der Waals surface area contributed by atoms with Crippen molar-refractivity contribution in [2.75, 3.05) is 6.54 Å². The van der Waals surface area contributed by atoms with E-state index in [9.17, 15) is 26.0 Å². The Morgan fingerprint density at radius 2 is 1.73 bits per heavy atom. The Hall–Kier alpha value is -2.04. The first-order chi connectivity index (χ1) is 15.6. The van der Waals surface area contributed by atoms with Gasteiger partial charge in [0, 0.05) is 6.54 Å². The summed E-state index contributed by atoms with van der Waals surface area (Å²) in [6.45, 7) is 3.06. The first-order valence-corrected chi connectivity index (χ1v) is 13.1. The van der Waals surface area contributed by atoms with Gasteiger partial charge in [-0.2, -0.15) is 17.5 Å². The molecule has 0 fully saturated rings. The Morgan fingerprint density at radius 1 is 1.03 bits per heavy atom. The van der Waals surface area contributed by atoms with Crippen molar-refractivity contribution >= 4 is 31.6 Å². The second kappa shape index (κ2) is 10.5. The number of hydrogen-bond donors (Lipinski definition) is 0. The summed E-state index contributed by atoms with van der Waals surface area (Å²) < 4.78 is 83.0. The van der Waals surface area contributed by atoms with Crippen molar-refractivity contribution in [3.05, 3.63) is 58.9 Å². The first-order valence-electron chi connectivity index (χ1n) is 10.8. The highest BCUT2D eigenvalue weighted by Crippen LogP contribution is 2.41. The summed E-state index contributed by atoms with van der Waals surface area (Å²) in [6.07, 6.45) is 0.206. The highest BCUT2D eigenvalue weighted by molar-refractivity contribution is 7.89. The molecule has 1 aromatic heterocycles. The number of sulfonamides is 1. The molecule has 10 heteroatoms. The Bertz CT molecular complexity index is 1180. The Kier molecular flexibility index (Phi) is 8.13. The van der Waals surface area contributed by atoms with Crippen LogP contribution >= 0.6 is 11.3 Å². The minimum absolute atomic E-state index is 0.227. The molecule has 180 valence electrons. The number of thiazole rings is 1. The summed E-state index contributed by atoms with van der Waals surface area (Å²) in [5.74, 6) is -0.702. The zero-order valence-corrected chi connectivity index (χ0v) is 20.0. The lowest BCUT2D eigenvalue weighted by atomic mass is 10.1. The summed E-state index contributed by atoms with van der Waals surface area (Å²) in [4.78, 5) is 4.30. The number of aryl methyl sites for hydroxylation is 1. The van der Waals surface area contributed by atoms with Crippen molar-refractivity contribution in [2.45, 2.75) is 63.1 Å². The van der Waals surface area contributed by atoms with Crippen LogP contribution in [0.15, 0.2) is 47.4 Å². The third kappa shape index (κ3) is 5.91. The SMILES string of the molecule is CCCCCCc1nc2ccc(S(=O)(=O)N(CC)[C@H](c3ccc(F)cc3)C(F)(F)F)cc2s1. The number of unbranched alkanes of at least 4 members (excludes halogenated alkanes) is 3. The number of fused-ring (bicyclic) bond motifs is 1. The first kappa shape index (κ1) is 25.6. The molecule has 0 bridgehead atoms. The molecule has 1 heterocycles. The van der Waals surface area contributed by atoms with Gasteiger partial charge in [-0.05, 0) is 48.7 Å². The molecule has 0 saturated heterocycles. The molecule has 4 nitrogen and oxygen atoms in total. The zero-order valence-electron chi connectivity index (χ0n) is 18.4. The number of alkyl halides is 3. The van der Waals surface area contributed by atoms with E-state index >= 15 is 0 Å². The maximum atomic E-state index is 14.0. The van der Waals surface area contributed by atoms with Gasteiger partial charge in [0.2, 0.25) is 10.0 Å². The monoisotopic (exact) mass is 502 g/mol. The lowest BCUT2D eigenvalue weighted by molar-refractivity contribution is -0.173. The van der Waals surface area contributed by atoms with Gasteiger partial charge in [0.1, 0.15) is 11.9 Å². The predicted octanol–water partition coefficient (Wildman–Crippen LogP) is 6.87. The van der Waals surface area contributed by atoms with Crippen molar-refractivity contribution in [2.24, 2.45) is 0 Å². The molecule has 3 rings (SSSR count). The quantitative estimate of drug-likeness (QED) is 0.224. The van der Waals surface area contributed by atoms with E-state index in [0.29, 0.717) is 14.5 Å². The normalized spacial score (nSPS) is 13.7. The highest BCUT2D eigenvalue weighted by Gasteiger charge is 2.48. The van der Waals surface area contributed by atoms with Gasteiger partial charge < -0.3 is 0 Å². The number of nitrogens with zero attached hydrogens (tertiary/aromatic N) is 2. The summed E-state index contributed by atoms with van der Waals surface area (Å²) in [7, 11) is -4.50. The fourth-order valence-corrected chi connectivity index (χ4v) is 6.47. The second-order valence-electron chi connectivity index (χ2n) is 7.75. The molecule has 0 amide bonds. The Balaban J connectivity index is 1.96. The fraction of sp³-hybridized carbons (Fsp3) is 0.435. The van der Waals surface area contributed by atoms with Crippen molar-refractivity contribution in [1.82, 2.24) is 9.29 Å². The minimum Gasteiger partial charge on any atom is -0.241 e. The molecule has 0 aliphatic carbocycles. The Morgan fingerprint density at radius 3 is 2.33 bits per heavy atom. The number of benzene rings is 2. The molecule has 33 heavy (non-hydrogen) atoms. The van der Waals surface area contributed by atoms with Crippen molar-refractivity contribution in [3.63, 3.8) is 0 Å². The van der Waals surface area contributed by atoms with E-state index in [1.807, 2.05) is 0 Å². The van der Waals surface area contributed by atoms with E-state index in [1.165, 1.54) is 36.5 Å². The number of hydrogen-bond acceptors (Lipinski definition) is 4. The van der Waals surface area contributed by atoms with E-state index in [0.717, 1.165) is 61.4 Å². The van der Waals surface area contributed by atoms with Crippen LogP contribution < -0.4 is 0 Å². The summed E-state index contributed by atoms with van der Waals surface area (Å²) in [5.41, 5.74) is 0.279. The zero-order chi connectivity index (χ0) is 24.2.